The summed E-state index contributed by atoms with van der Waals surface area (Å²) in [5, 5.41) is 0.555. The number of fused-ring (bicyclic) bond motifs is 2. The highest BCUT2D eigenvalue weighted by Gasteiger charge is 2.19. The minimum absolute atomic E-state index is 0.0234. The minimum atomic E-state index is 0.0234. The van der Waals surface area contributed by atoms with Gasteiger partial charge in [0.05, 0.1) is 11.6 Å². The monoisotopic (exact) mass is 421 g/mol. The van der Waals surface area contributed by atoms with Crippen molar-refractivity contribution >= 4 is 22.3 Å². The molecule has 0 bridgehead atoms. The molecule has 1 fully saturated rings. The summed E-state index contributed by atoms with van der Waals surface area (Å²) in [6.07, 6.45) is 4.32. The second kappa shape index (κ2) is 8.51. The van der Waals surface area contributed by atoms with Crippen LogP contribution in [0.5, 0.6) is 11.5 Å². The van der Waals surface area contributed by atoms with Crippen molar-refractivity contribution in [3.05, 3.63) is 58.4 Å². The number of aryl methyl sites for hydroxylation is 1. The van der Waals surface area contributed by atoms with Crippen molar-refractivity contribution in [3.8, 4) is 11.5 Å². The molecule has 3 heterocycles. The molecular weight excluding hydrogens is 394 g/mol. The summed E-state index contributed by atoms with van der Waals surface area (Å²) in [4.78, 5) is 17.7. The summed E-state index contributed by atoms with van der Waals surface area (Å²) < 4.78 is 16.4. The largest absolute Gasteiger partial charge is 0.464 e. The lowest BCUT2D eigenvalue weighted by Gasteiger charge is -2.36. The number of anilines is 2. The molecule has 31 heavy (non-hydrogen) atoms. The number of nitrogen functional groups attached to an aromatic ring is 1. The first-order valence-corrected chi connectivity index (χ1v) is 10.8. The van der Waals surface area contributed by atoms with E-state index in [2.05, 4.69) is 15.9 Å². The lowest BCUT2D eigenvalue weighted by atomic mass is 10.1. The van der Waals surface area contributed by atoms with Gasteiger partial charge in [-0.1, -0.05) is 6.07 Å². The van der Waals surface area contributed by atoms with Crippen molar-refractivity contribution in [1.29, 1.82) is 0 Å². The third kappa shape index (κ3) is 4.18. The Morgan fingerprint density at radius 3 is 2.58 bits per heavy atom. The van der Waals surface area contributed by atoms with E-state index in [1.165, 1.54) is 5.69 Å². The topological polar surface area (TPSA) is 81.2 Å². The van der Waals surface area contributed by atoms with E-state index in [4.69, 9.17) is 19.6 Å². The Hall–Kier alpha value is -3.19. The fourth-order valence-electron chi connectivity index (χ4n) is 4.33. The molecule has 1 aromatic heterocycles. The van der Waals surface area contributed by atoms with Crippen LogP contribution in [0.3, 0.4) is 0 Å². The zero-order chi connectivity index (χ0) is 21.2. The van der Waals surface area contributed by atoms with E-state index in [0.717, 1.165) is 63.2 Å². The van der Waals surface area contributed by atoms with Crippen molar-refractivity contribution < 1.29 is 13.9 Å². The Morgan fingerprint density at radius 1 is 0.968 bits per heavy atom. The average Bonchev–Trinajstić information content (AvgIpc) is 3.25. The maximum atomic E-state index is 12.8. The molecule has 7 heteroatoms. The van der Waals surface area contributed by atoms with Crippen LogP contribution in [-0.2, 0) is 6.42 Å². The molecule has 0 spiro atoms. The lowest BCUT2D eigenvalue weighted by Crippen LogP contribution is -2.46. The third-order valence-electron chi connectivity index (χ3n) is 6.12. The second-order valence-corrected chi connectivity index (χ2v) is 8.17. The van der Waals surface area contributed by atoms with Gasteiger partial charge in [0.25, 0.3) is 0 Å². The van der Waals surface area contributed by atoms with Gasteiger partial charge in [-0.2, -0.15) is 0 Å². The molecule has 162 valence electrons. The number of benzene rings is 2. The van der Waals surface area contributed by atoms with Gasteiger partial charge in [-0.25, -0.2) is 0 Å². The highest BCUT2D eigenvalue weighted by Crippen LogP contribution is 2.35. The van der Waals surface area contributed by atoms with Gasteiger partial charge in [-0.3, -0.25) is 9.69 Å². The van der Waals surface area contributed by atoms with E-state index in [9.17, 15) is 4.79 Å². The molecule has 1 saturated heterocycles. The van der Waals surface area contributed by atoms with Gasteiger partial charge in [-0.15, -0.1) is 0 Å². The maximum absolute atomic E-state index is 12.8. The number of hydrogen-bond donors (Lipinski definition) is 1. The van der Waals surface area contributed by atoms with Gasteiger partial charge < -0.3 is 24.5 Å². The molecule has 0 aliphatic carbocycles. The first kappa shape index (κ1) is 19.8. The van der Waals surface area contributed by atoms with E-state index in [0.29, 0.717) is 22.5 Å². The zero-order valence-electron chi connectivity index (χ0n) is 17.5. The van der Waals surface area contributed by atoms with Gasteiger partial charge in [0, 0.05) is 49.2 Å². The van der Waals surface area contributed by atoms with Crippen LogP contribution in [0, 0.1) is 0 Å². The molecule has 0 unspecified atom stereocenters. The van der Waals surface area contributed by atoms with Crippen LogP contribution in [0.1, 0.15) is 18.4 Å². The third-order valence-corrected chi connectivity index (χ3v) is 6.12. The van der Waals surface area contributed by atoms with Gasteiger partial charge >= 0.3 is 0 Å². The Bertz CT molecular complexity index is 1140. The number of rotatable bonds is 6. The zero-order valence-corrected chi connectivity index (χ0v) is 17.5. The molecule has 0 saturated carbocycles. The molecule has 2 aliphatic heterocycles. The minimum Gasteiger partial charge on any atom is -0.464 e. The Morgan fingerprint density at radius 2 is 1.77 bits per heavy atom. The SMILES string of the molecule is Nc1cccc(N2CCN(CCCCc3coc4cc5c(cc4c3=O)OCO5)CC2)c1. The Labute approximate surface area is 180 Å². The highest BCUT2D eigenvalue weighted by atomic mass is 16.7. The summed E-state index contributed by atoms with van der Waals surface area (Å²) in [5.74, 6) is 1.23. The molecule has 3 aromatic rings. The second-order valence-electron chi connectivity index (χ2n) is 8.17. The molecule has 0 radical (unpaired) electrons. The van der Waals surface area contributed by atoms with Crippen LogP contribution in [-0.4, -0.2) is 44.4 Å². The highest BCUT2D eigenvalue weighted by molar-refractivity contribution is 5.81. The van der Waals surface area contributed by atoms with Gasteiger partial charge in [0.1, 0.15) is 5.58 Å². The van der Waals surface area contributed by atoms with Crippen molar-refractivity contribution in [2.75, 3.05) is 50.2 Å². The van der Waals surface area contributed by atoms with Crippen LogP contribution in [0.2, 0.25) is 0 Å². The Balaban J connectivity index is 1.12. The van der Waals surface area contributed by atoms with Gasteiger partial charge in [-0.05, 0) is 50.1 Å². The molecule has 2 aliphatic rings. The number of piperazine rings is 1. The van der Waals surface area contributed by atoms with Crippen molar-refractivity contribution in [2.24, 2.45) is 0 Å². The molecule has 7 nitrogen and oxygen atoms in total. The fourth-order valence-corrected chi connectivity index (χ4v) is 4.33. The summed E-state index contributed by atoms with van der Waals surface area (Å²) in [5.41, 5.74) is 9.20. The Kier molecular flexibility index (Phi) is 5.42. The normalized spacial score (nSPS) is 16.2. The van der Waals surface area contributed by atoms with Crippen LogP contribution in [0.25, 0.3) is 11.0 Å². The quantitative estimate of drug-likeness (QED) is 0.483. The molecule has 0 amide bonds. The van der Waals surface area contributed by atoms with Crippen molar-refractivity contribution in [2.45, 2.75) is 19.3 Å². The number of hydrogen-bond acceptors (Lipinski definition) is 7. The fraction of sp³-hybridized carbons (Fsp3) is 0.375. The first-order chi connectivity index (χ1) is 15.2. The van der Waals surface area contributed by atoms with Crippen LogP contribution in [0.4, 0.5) is 11.4 Å². The van der Waals surface area contributed by atoms with Crippen LogP contribution >= 0.6 is 0 Å². The van der Waals surface area contributed by atoms with Crippen molar-refractivity contribution in [1.82, 2.24) is 4.90 Å². The number of nitrogens with two attached hydrogens (primary N) is 1. The van der Waals surface area contributed by atoms with Crippen molar-refractivity contribution in [3.63, 3.8) is 0 Å². The van der Waals surface area contributed by atoms with E-state index in [1.807, 2.05) is 18.2 Å². The predicted molar refractivity (Wildman–Crippen MR) is 121 cm³/mol. The average molecular weight is 421 g/mol. The number of unbranched alkanes of at least 4 members (excludes halogenated alkanes) is 1. The van der Waals surface area contributed by atoms with Crippen LogP contribution in [0.15, 0.2) is 51.9 Å². The van der Waals surface area contributed by atoms with Gasteiger partial charge in [0.2, 0.25) is 6.79 Å². The smallest absolute Gasteiger partial charge is 0.231 e. The summed E-state index contributed by atoms with van der Waals surface area (Å²) in [6.45, 7) is 5.32. The van der Waals surface area contributed by atoms with E-state index < -0.39 is 0 Å². The lowest BCUT2D eigenvalue weighted by molar-refractivity contribution is 0.174. The predicted octanol–water partition coefficient (Wildman–Crippen LogP) is 3.25. The molecular formula is C24H27N3O4. The van der Waals surface area contributed by atoms with E-state index in [1.54, 1.807) is 18.4 Å². The maximum Gasteiger partial charge on any atom is 0.231 e. The molecule has 2 N–H and O–H groups in total. The van der Waals surface area contributed by atoms with E-state index >= 15 is 0 Å². The number of ether oxygens (including phenoxy) is 2. The number of nitrogens with zero attached hydrogens (tertiary/aromatic N) is 2. The van der Waals surface area contributed by atoms with Crippen LogP contribution < -0.4 is 25.5 Å². The molecule has 2 aromatic carbocycles. The molecule has 0 atom stereocenters. The summed E-state index contributed by atoms with van der Waals surface area (Å²) in [6, 6.07) is 11.5. The summed E-state index contributed by atoms with van der Waals surface area (Å²) >= 11 is 0. The summed E-state index contributed by atoms with van der Waals surface area (Å²) in [7, 11) is 0. The van der Waals surface area contributed by atoms with Gasteiger partial charge in [0.15, 0.2) is 16.9 Å². The molecule has 5 rings (SSSR count). The van der Waals surface area contributed by atoms with E-state index in [-0.39, 0.29) is 12.2 Å². The first-order valence-electron chi connectivity index (χ1n) is 10.8. The standard InChI is InChI=1S/C24H27N3O4/c25-18-5-3-6-19(12-18)27-10-8-26(9-11-27)7-2-1-4-17-15-29-21-14-23-22(30-16-31-23)13-20(21)24(17)28/h3,5-6,12-15H,1-2,4,7-11,16,25H2.